The molecular weight excluding hydrogens is 326 g/mol. The van der Waals surface area contributed by atoms with Crippen molar-refractivity contribution in [2.75, 3.05) is 31.6 Å². The Morgan fingerprint density at radius 1 is 1.28 bits per heavy atom. The van der Waals surface area contributed by atoms with Crippen LogP contribution in [0.15, 0.2) is 4.42 Å². The summed E-state index contributed by atoms with van der Waals surface area (Å²) >= 11 is 0. The van der Waals surface area contributed by atoms with Gasteiger partial charge in [0.05, 0.1) is 19.7 Å². The van der Waals surface area contributed by atoms with Crippen LogP contribution < -0.4 is 16.0 Å². The third-order valence-electron chi connectivity index (χ3n) is 4.46. The van der Waals surface area contributed by atoms with E-state index in [-0.39, 0.29) is 41.8 Å². The first-order valence-corrected chi connectivity index (χ1v) is 8.57. The number of carbonyl (C=O) groups excluding carboxylic acids is 3. The number of esters is 1. The lowest BCUT2D eigenvalue weighted by atomic mass is 9.99. The summed E-state index contributed by atoms with van der Waals surface area (Å²) in [6.45, 7) is 7.68. The van der Waals surface area contributed by atoms with Crippen molar-refractivity contribution in [2.24, 2.45) is 11.7 Å². The van der Waals surface area contributed by atoms with Gasteiger partial charge in [0.2, 0.25) is 5.88 Å². The second kappa shape index (κ2) is 8.15. The molecule has 0 aliphatic carbocycles. The first-order valence-electron chi connectivity index (χ1n) is 8.57. The number of hydrogen-bond donors (Lipinski definition) is 3. The van der Waals surface area contributed by atoms with Gasteiger partial charge in [-0.05, 0) is 32.6 Å². The van der Waals surface area contributed by atoms with Gasteiger partial charge >= 0.3 is 5.97 Å². The summed E-state index contributed by atoms with van der Waals surface area (Å²) in [5, 5.41) is 2.57. The third-order valence-corrected chi connectivity index (χ3v) is 4.46. The lowest BCUT2D eigenvalue weighted by Gasteiger charge is -2.26. The summed E-state index contributed by atoms with van der Waals surface area (Å²) in [6, 6.07) is 0. The molecule has 2 heterocycles. The zero-order chi connectivity index (χ0) is 18.6. The lowest BCUT2D eigenvalue weighted by Crippen LogP contribution is -3.14. The SMILES string of the molecule is CCOC(=O)c1c(C)oc(NC(=O)C[NH+]2CCC(C)CC2)c1C(N)=O. The minimum atomic E-state index is -0.852. The standard InChI is InChI=1S/C17H25N3O5/c1-4-24-17(23)13-11(3)25-16(14(13)15(18)22)19-12(21)9-20-7-5-10(2)6-8-20/h10H,4-9H2,1-3H3,(H2,18,22)(H,19,21)/p+1. The number of quaternary nitrogens is 1. The maximum atomic E-state index is 12.3. The van der Waals surface area contributed by atoms with Crippen molar-refractivity contribution < 1.29 is 28.4 Å². The molecular formula is C17H26N3O5+. The average molecular weight is 352 g/mol. The predicted molar refractivity (Wildman–Crippen MR) is 90.5 cm³/mol. The summed E-state index contributed by atoms with van der Waals surface area (Å²) in [4.78, 5) is 37.3. The highest BCUT2D eigenvalue weighted by atomic mass is 16.5. The highest BCUT2D eigenvalue weighted by Crippen LogP contribution is 2.27. The summed E-state index contributed by atoms with van der Waals surface area (Å²) in [7, 11) is 0. The Bertz CT molecular complexity index is 659. The molecule has 0 unspecified atom stereocenters. The van der Waals surface area contributed by atoms with E-state index in [9.17, 15) is 14.4 Å². The summed E-state index contributed by atoms with van der Waals surface area (Å²) in [5.41, 5.74) is 5.19. The fourth-order valence-corrected chi connectivity index (χ4v) is 3.06. The van der Waals surface area contributed by atoms with Gasteiger partial charge in [-0.15, -0.1) is 0 Å². The first kappa shape index (κ1) is 19.0. The van der Waals surface area contributed by atoms with Gasteiger partial charge in [0.1, 0.15) is 16.9 Å². The maximum absolute atomic E-state index is 12.3. The van der Waals surface area contributed by atoms with Crippen molar-refractivity contribution in [3.8, 4) is 0 Å². The monoisotopic (exact) mass is 352 g/mol. The molecule has 1 aromatic rings. The molecule has 2 rings (SSSR count). The molecule has 4 N–H and O–H groups in total. The topological polar surface area (TPSA) is 116 Å². The molecule has 8 heteroatoms. The van der Waals surface area contributed by atoms with E-state index in [0.717, 1.165) is 25.9 Å². The predicted octanol–water partition coefficient (Wildman–Crippen LogP) is 0.117. The minimum Gasteiger partial charge on any atom is -0.462 e. The number of rotatable bonds is 6. The first-order chi connectivity index (χ1) is 11.8. The Morgan fingerprint density at radius 2 is 1.92 bits per heavy atom. The average Bonchev–Trinajstić information content (AvgIpc) is 2.86. The molecule has 25 heavy (non-hydrogen) atoms. The van der Waals surface area contributed by atoms with E-state index in [4.69, 9.17) is 14.9 Å². The highest BCUT2D eigenvalue weighted by molar-refractivity contribution is 6.10. The van der Waals surface area contributed by atoms with Gasteiger partial charge < -0.3 is 19.8 Å². The Labute approximate surface area is 146 Å². The van der Waals surface area contributed by atoms with Crippen LogP contribution >= 0.6 is 0 Å². The normalized spacial score (nSPS) is 20.1. The second-order valence-corrected chi connectivity index (χ2v) is 6.48. The molecule has 2 amide bonds. The van der Waals surface area contributed by atoms with E-state index in [2.05, 4.69) is 12.2 Å². The number of nitrogens with one attached hydrogen (secondary N) is 2. The Morgan fingerprint density at radius 3 is 2.48 bits per heavy atom. The number of piperidine rings is 1. The number of ether oxygens (including phenoxy) is 1. The quantitative estimate of drug-likeness (QED) is 0.629. The fourth-order valence-electron chi connectivity index (χ4n) is 3.06. The third kappa shape index (κ3) is 4.60. The molecule has 0 atom stereocenters. The van der Waals surface area contributed by atoms with E-state index in [1.165, 1.54) is 11.8 Å². The van der Waals surface area contributed by atoms with Crippen molar-refractivity contribution in [1.82, 2.24) is 0 Å². The Kier molecular flexibility index (Phi) is 6.19. The maximum Gasteiger partial charge on any atom is 0.342 e. The van der Waals surface area contributed by atoms with Crippen molar-refractivity contribution >= 4 is 23.7 Å². The number of aryl methyl sites for hydroxylation is 1. The summed E-state index contributed by atoms with van der Waals surface area (Å²) in [6.07, 6.45) is 2.17. The number of hydrogen-bond acceptors (Lipinski definition) is 5. The van der Waals surface area contributed by atoms with Crippen molar-refractivity contribution in [3.63, 3.8) is 0 Å². The molecule has 0 bridgehead atoms. The minimum absolute atomic E-state index is 0.0382. The zero-order valence-corrected chi connectivity index (χ0v) is 14.9. The molecule has 0 saturated carbocycles. The van der Waals surface area contributed by atoms with Gasteiger partial charge in [0, 0.05) is 0 Å². The van der Waals surface area contributed by atoms with Crippen LogP contribution in [0, 0.1) is 12.8 Å². The molecule has 0 aromatic carbocycles. The van der Waals surface area contributed by atoms with Crippen LogP contribution in [-0.2, 0) is 9.53 Å². The van der Waals surface area contributed by atoms with E-state index >= 15 is 0 Å². The number of anilines is 1. The molecule has 1 aliphatic rings. The van der Waals surface area contributed by atoms with E-state index in [1.54, 1.807) is 6.92 Å². The molecule has 1 aliphatic heterocycles. The van der Waals surface area contributed by atoms with Crippen LogP contribution in [0.4, 0.5) is 5.88 Å². The van der Waals surface area contributed by atoms with Crippen LogP contribution in [0.5, 0.6) is 0 Å². The number of amides is 2. The largest absolute Gasteiger partial charge is 0.462 e. The van der Waals surface area contributed by atoms with Crippen LogP contribution in [-0.4, -0.2) is 44.0 Å². The molecule has 8 nitrogen and oxygen atoms in total. The number of likely N-dealkylation sites (tertiary alicyclic amines) is 1. The number of nitrogens with two attached hydrogens (primary N) is 1. The van der Waals surface area contributed by atoms with Crippen molar-refractivity contribution in [3.05, 3.63) is 16.9 Å². The zero-order valence-electron chi connectivity index (χ0n) is 14.9. The van der Waals surface area contributed by atoms with Gasteiger partial charge in [-0.1, -0.05) is 6.92 Å². The Balaban J connectivity index is 2.13. The molecule has 1 fully saturated rings. The summed E-state index contributed by atoms with van der Waals surface area (Å²) < 4.78 is 10.3. The highest BCUT2D eigenvalue weighted by Gasteiger charge is 2.30. The van der Waals surface area contributed by atoms with Gasteiger partial charge in [0.15, 0.2) is 6.54 Å². The Hall–Kier alpha value is -2.35. The van der Waals surface area contributed by atoms with Crippen LogP contribution in [0.1, 0.15) is 53.2 Å². The summed E-state index contributed by atoms with van der Waals surface area (Å²) in [5.74, 6) is -1.06. The van der Waals surface area contributed by atoms with Crippen LogP contribution in [0.2, 0.25) is 0 Å². The number of furan rings is 1. The van der Waals surface area contributed by atoms with Gasteiger partial charge in [0.25, 0.3) is 11.8 Å². The van der Waals surface area contributed by atoms with Gasteiger partial charge in [-0.25, -0.2) is 4.79 Å². The molecule has 1 aromatic heterocycles. The van der Waals surface area contributed by atoms with Crippen LogP contribution in [0.25, 0.3) is 0 Å². The smallest absolute Gasteiger partial charge is 0.342 e. The van der Waals surface area contributed by atoms with E-state index in [1.807, 2.05) is 0 Å². The number of carbonyl (C=O) groups is 3. The number of primary amides is 1. The van der Waals surface area contributed by atoms with E-state index < -0.39 is 11.9 Å². The van der Waals surface area contributed by atoms with Crippen molar-refractivity contribution in [2.45, 2.75) is 33.6 Å². The second-order valence-electron chi connectivity index (χ2n) is 6.48. The lowest BCUT2D eigenvalue weighted by molar-refractivity contribution is -0.897. The fraction of sp³-hybridized carbons (Fsp3) is 0.588. The molecule has 0 radical (unpaired) electrons. The van der Waals surface area contributed by atoms with Crippen molar-refractivity contribution in [1.29, 1.82) is 0 Å². The molecule has 138 valence electrons. The van der Waals surface area contributed by atoms with E-state index in [0.29, 0.717) is 5.92 Å². The molecule has 0 spiro atoms. The molecule has 1 saturated heterocycles. The van der Waals surface area contributed by atoms with Gasteiger partial charge in [-0.3, -0.25) is 14.9 Å². The van der Waals surface area contributed by atoms with Crippen LogP contribution in [0.3, 0.4) is 0 Å². The van der Waals surface area contributed by atoms with Gasteiger partial charge in [-0.2, -0.15) is 0 Å².